The van der Waals surface area contributed by atoms with Crippen molar-refractivity contribution in [2.24, 2.45) is 0 Å². The molecule has 0 spiro atoms. The average Bonchev–Trinajstić information content (AvgIpc) is 2.58. The number of rotatable bonds is 2. The minimum atomic E-state index is -3.32. The largest absolute Gasteiger partial charge is 0.444 e. The molecule has 0 N–H and O–H groups in total. The molecule has 1 aromatic rings. The molecule has 28 heavy (non-hydrogen) atoms. The van der Waals surface area contributed by atoms with Crippen LogP contribution in [-0.2, 0) is 32.5 Å². The Morgan fingerprint density at radius 3 is 2.64 bits per heavy atom. The van der Waals surface area contributed by atoms with E-state index >= 15 is 0 Å². The van der Waals surface area contributed by atoms with Crippen LogP contribution in [0.5, 0.6) is 0 Å². The molecule has 0 saturated carbocycles. The summed E-state index contributed by atoms with van der Waals surface area (Å²) < 4.78 is 36.8. The Labute approximate surface area is 171 Å². The minimum Gasteiger partial charge on any atom is -0.444 e. The van der Waals surface area contributed by atoms with E-state index in [0.29, 0.717) is 37.7 Å². The second-order valence-corrected chi connectivity index (χ2v) is 10.7. The van der Waals surface area contributed by atoms with Gasteiger partial charge in [-0.05, 0) is 56.0 Å². The summed E-state index contributed by atoms with van der Waals surface area (Å²) in [7, 11) is -3.32. The van der Waals surface area contributed by atoms with Gasteiger partial charge in [-0.1, -0.05) is 11.6 Å². The molecular weight excluding hydrogens is 404 g/mol. The monoisotopic (exact) mass is 430 g/mol. The van der Waals surface area contributed by atoms with Gasteiger partial charge in [0.2, 0.25) is 10.0 Å². The first-order chi connectivity index (χ1) is 13.0. The second-order valence-electron chi connectivity index (χ2n) is 8.24. The maximum Gasteiger partial charge on any atom is 0.410 e. The van der Waals surface area contributed by atoms with Crippen LogP contribution in [0.3, 0.4) is 0 Å². The Morgan fingerprint density at radius 1 is 1.29 bits per heavy atom. The van der Waals surface area contributed by atoms with Crippen LogP contribution in [0.2, 0.25) is 5.02 Å². The number of carbonyl (C=O) groups excluding carboxylic acids is 1. The van der Waals surface area contributed by atoms with Gasteiger partial charge in [0, 0.05) is 24.7 Å². The molecule has 2 aliphatic rings. The number of nitrogens with zero attached hydrogens (tertiary/aromatic N) is 2. The summed E-state index contributed by atoms with van der Waals surface area (Å²) >= 11 is 6.35. The summed E-state index contributed by atoms with van der Waals surface area (Å²) in [4.78, 5) is 14.4. The van der Waals surface area contributed by atoms with Crippen molar-refractivity contribution in [3.05, 3.63) is 33.8 Å². The SMILES string of the molecule is CC(C)(C)OC(=O)N1CCOC[C@H]1c1cc(Cl)cc2c1CN(S(C)(=O)=O)CC2. The van der Waals surface area contributed by atoms with E-state index < -0.39 is 21.7 Å². The van der Waals surface area contributed by atoms with Crippen molar-refractivity contribution >= 4 is 27.7 Å². The summed E-state index contributed by atoms with van der Waals surface area (Å²) in [6.07, 6.45) is 1.38. The number of amides is 1. The van der Waals surface area contributed by atoms with Gasteiger partial charge in [-0.15, -0.1) is 0 Å². The molecule has 0 aliphatic carbocycles. The lowest BCUT2D eigenvalue weighted by Crippen LogP contribution is -2.46. The number of hydrogen-bond donors (Lipinski definition) is 0. The van der Waals surface area contributed by atoms with E-state index in [4.69, 9.17) is 21.1 Å². The zero-order valence-electron chi connectivity index (χ0n) is 16.7. The van der Waals surface area contributed by atoms with E-state index in [0.717, 1.165) is 16.7 Å². The number of fused-ring (bicyclic) bond motifs is 1. The lowest BCUT2D eigenvalue weighted by molar-refractivity contribution is -0.0334. The summed E-state index contributed by atoms with van der Waals surface area (Å²) in [5.41, 5.74) is 2.12. The number of ether oxygens (including phenoxy) is 2. The van der Waals surface area contributed by atoms with Gasteiger partial charge in [0.25, 0.3) is 0 Å². The Morgan fingerprint density at radius 2 is 2.00 bits per heavy atom. The van der Waals surface area contributed by atoms with Crippen LogP contribution in [-0.4, -0.2) is 61.9 Å². The van der Waals surface area contributed by atoms with Gasteiger partial charge in [0.05, 0.1) is 25.5 Å². The molecule has 1 atom stereocenters. The molecule has 156 valence electrons. The average molecular weight is 431 g/mol. The van der Waals surface area contributed by atoms with Crippen molar-refractivity contribution in [3.63, 3.8) is 0 Å². The van der Waals surface area contributed by atoms with Crippen molar-refractivity contribution in [1.29, 1.82) is 0 Å². The number of carbonyl (C=O) groups is 1. The topological polar surface area (TPSA) is 76.2 Å². The highest BCUT2D eigenvalue weighted by Crippen LogP contribution is 2.35. The Hall–Kier alpha value is -1.35. The normalized spacial score (nSPS) is 21.3. The summed E-state index contributed by atoms with van der Waals surface area (Å²) in [5, 5.41) is 0.566. The zero-order valence-corrected chi connectivity index (χ0v) is 18.3. The highest BCUT2D eigenvalue weighted by atomic mass is 35.5. The van der Waals surface area contributed by atoms with Crippen molar-refractivity contribution in [3.8, 4) is 0 Å². The highest BCUT2D eigenvalue weighted by Gasteiger charge is 2.35. The van der Waals surface area contributed by atoms with E-state index in [1.165, 1.54) is 10.6 Å². The van der Waals surface area contributed by atoms with Gasteiger partial charge in [-0.2, -0.15) is 4.31 Å². The van der Waals surface area contributed by atoms with Gasteiger partial charge in [-0.3, -0.25) is 4.90 Å². The predicted octanol–water partition coefficient (Wildman–Crippen LogP) is 2.97. The molecule has 1 amide bonds. The minimum absolute atomic E-state index is 0.263. The molecule has 3 rings (SSSR count). The molecule has 0 radical (unpaired) electrons. The lowest BCUT2D eigenvalue weighted by Gasteiger charge is -2.39. The second kappa shape index (κ2) is 7.82. The van der Waals surface area contributed by atoms with Crippen LogP contribution < -0.4 is 0 Å². The molecule has 0 bridgehead atoms. The van der Waals surface area contributed by atoms with E-state index in [1.807, 2.05) is 32.9 Å². The summed E-state index contributed by atoms with van der Waals surface area (Å²) in [6, 6.07) is 3.31. The van der Waals surface area contributed by atoms with Crippen molar-refractivity contribution in [2.75, 3.05) is 32.6 Å². The third-order valence-electron chi connectivity index (χ3n) is 4.89. The molecule has 0 unspecified atom stereocenters. The number of benzene rings is 1. The molecular formula is C19H27ClN2O5S. The van der Waals surface area contributed by atoms with Gasteiger partial charge >= 0.3 is 6.09 Å². The fourth-order valence-corrected chi connectivity index (χ4v) is 4.65. The third kappa shape index (κ3) is 4.79. The number of halogens is 1. The summed E-state index contributed by atoms with van der Waals surface area (Å²) in [5.74, 6) is 0. The van der Waals surface area contributed by atoms with Gasteiger partial charge in [-0.25, -0.2) is 13.2 Å². The fraction of sp³-hybridized carbons (Fsp3) is 0.632. The Bertz CT molecular complexity index is 866. The fourth-order valence-electron chi connectivity index (χ4n) is 3.61. The molecule has 1 saturated heterocycles. The molecule has 1 fully saturated rings. The number of morpholine rings is 1. The van der Waals surface area contributed by atoms with Crippen molar-refractivity contribution in [1.82, 2.24) is 9.21 Å². The van der Waals surface area contributed by atoms with E-state index in [-0.39, 0.29) is 12.6 Å². The number of sulfonamides is 1. The van der Waals surface area contributed by atoms with Crippen LogP contribution in [0.4, 0.5) is 4.79 Å². The smallest absolute Gasteiger partial charge is 0.410 e. The van der Waals surface area contributed by atoms with Gasteiger partial charge < -0.3 is 9.47 Å². The van der Waals surface area contributed by atoms with Crippen molar-refractivity contribution in [2.45, 2.75) is 45.4 Å². The van der Waals surface area contributed by atoms with Gasteiger partial charge in [0.15, 0.2) is 0 Å². The van der Waals surface area contributed by atoms with E-state index in [2.05, 4.69) is 0 Å². The zero-order chi connectivity index (χ0) is 20.7. The van der Waals surface area contributed by atoms with Crippen LogP contribution in [0.15, 0.2) is 12.1 Å². The van der Waals surface area contributed by atoms with E-state index in [1.54, 1.807) is 4.90 Å². The summed E-state index contributed by atoms with van der Waals surface area (Å²) in [6.45, 7) is 7.29. The highest BCUT2D eigenvalue weighted by molar-refractivity contribution is 7.88. The van der Waals surface area contributed by atoms with Crippen LogP contribution in [0, 0.1) is 0 Å². The van der Waals surface area contributed by atoms with E-state index in [9.17, 15) is 13.2 Å². The maximum atomic E-state index is 12.8. The molecule has 7 nitrogen and oxygen atoms in total. The molecule has 0 aromatic heterocycles. The Balaban J connectivity index is 1.99. The third-order valence-corrected chi connectivity index (χ3v) is 6.36. The van der Waals surface area contributed by atoms with Crippen LogP contribution in [0.1, 0.15) is 43.5 Å². The standard InChI is InChI=1S/C19H27ClN2O5S/c1-19(2,3)27-18(23)22-7-8-26-12-17(22)15-10-14(20)9-13-5-6-21(11-16(13)15)28(4,24)25/h9-10,17H,5-8,11-12H2,1-4H3/t17-/m0/s1. The maximum absolute atomic E-state index is 12.8. The molecule has 1 aromatic carbocycles. The predicted molar refractivity (Wildman–Crippen MR) is 107 cm³/mol. The first-order valence-electron chi connectivity index (χ1n) is 9.29. The first kappa shape index (κ1) is 21.4. The first-order valence-corrected chi connectivity index (χ1v) is 11.5. The quantitative estimate of drug-likeness (QED) is 0.720. The number of hydrogen-bond acceptors (Lipinski definition) is 5. The lowest BCUT2D eigenvalue weighted by atomic mass is 9.91. The Kier molecular flexibility index (Phi) is 5.96. The molecule has 9 heteroatoms. The molecule has 2 aliphatic heterocycles. The van der Waals surface area contributed by atoms with Crippen molar-refractivity contribution < 1.29 is 22.7 Å². The van der Waals surface area contributed by atoms with Crippen LogP contribution >= 0.6 is 11.6 Å². The van der Waals surface area contributed by atoms with Gasteiger partial charge in [0.1, 0.15) is 5.60 Å². The molecule has 2 heterocycles. The van der Waals surface area contributed by atoms with Crippen LogP contribution in [0.25, 0.3) is 0 Å².